The van der Waals surface area contributed by atoms with E-state index in [4.69, 9.17) is 10.00 Å². The van der Waals surface area contributed by atoms with E-state index in [0.717, 1.165) is 0 Å². The minimum absolute atomic E-state index is 0.0146. The molecule has 18 heavy (non-hydrogen) atoms. The van der Waals surface area contributed by atoms with E-state index in [1.54, 1.807) is 13.0 Å². The van der Waals surface area contributed by atoms with Crippen LogP contribution in [0.4, 0.5) is 0 Å². The molecule has 0 saturated carbocycles. The number of hydrogen-bond donors (Lipinski definition) is 2. The summed E-state index contributed by atoms with van der Waals surface area (Å²) in [5.41, 5.74) is 0. The molecule has 0 spiro atoms. The van der Waals surface area contributed by atoms with Crippen LogP contribution in [-0.4, -0.2) is 46.4 Å². The normalized spacial score (nSPS) is 12.7. The van der Waals surface area contributed by atoms with Gasteiger partial charge in [0.25, 0.3) is 0 Å². The maximum Gasteiger partial charge on any atom is 0.227 e. The summed E-state index contributed by atoms with van der Waals surface area (Å²) in [6.07, 6.45) is 0.247. The second-order valence-corrected chi connectivity index (χ2v) is 5.51. The highest BCUT2D eigenvalue weighted by Gasteiger charge is 2.22. The standard InChI is InChI=1S/C10H19N3O4S/c1-3-9(8-11)18(15,16)13-5-4-10(14)12-6-7-17-2/h9,13H,3-7H2,1-2H3,(H,12,14). The zero-order valence-electron chi connectivity index (χ0n) is 10.6. The molecule has 0 aliphatic heterocycles. The number of sulfonamides is 1. The number of methoxy groups -OCH3 is 1. The van der Waals surface area contributed by atoms with Crippen molar-refractivity contribution in [2.24, 2.45) is 0 Å². The van der Waals surface area contributed by atoms with E-state index in [1.807, 2.05) is 0 Å². The van der Waals surface area contributed by atoms with Crippen molar-refractivity contribution in [1.29, 1.82) is 5.26 Å². The molecule has 7 nitrogen and oxygen atoms in total. The summed E-state index contributed by atoms with van der Waals surface area (Å²) in [7, 11) is -2.14. The summed E-state index contributed by atoms with van der Waals surface area (Å²) in [5.74, 6) is -0.264. The summed E-state index contributed by atoms with van der Waals surface area (Å²) in [5, 5.41) is 10.1. The van der Waals surface area contributed by atoms with Gasteiger partial charge < -0.3 is 10.1 Å². The van der Waals surface area contributed by atoms with Crippen LogP contribution in [0, 0.1) is 11.3 Å². The van der Waals surface area contributed by atoms with Crippen LogP contribution in [0.1, 0.15) is 19.8 Å². The predicted octanol–water partition coefficient (Wildman–Crippen LogP) is -0.639. The summed E-state index contributed by atoms with van der Waals surface area (Å²) in [6, 6.07) is 1.70. The second-order valence-electron chi connectivity index (χ2n) is 3.56. The van der Waals surface area contributed by atoms with E-state index in [9.17, 15) is 13.2 Å². The Labute approximate surface area is 108 Å². The van der Waals surface area contributed by atoms with E-state index >= 15 is 0 Å². The molecule has 1 unspecified atom stereocenters. The quantitative estimate of drug-likeness (QED) is 0.545. The van der Waals surface area contributed by atoms with Crippen molar-refractivity contribution in [2.45, 2.75) is 25.0 Å². The van der Waals surface area contributed by atoms with Crippen molar-refractivity contribution >= 4 is 15.9 Å². The summed E-state index contributed by atoms with van der Waals surface area (Å²) >= 11 is 0. The predicted molar refractivity (Wildman–Crippen MR) is 66.1 cm³/mol. The lowest BCUT2D eigenvalue weighted by Crippen LogP contribution is -2.36. The Hall–Kier alpha value is -1.17. The first-order valence-corrected chi connectivity index (χ1v) is 7.16. The summed E-state index contributed by atoms with van der Waals surface area (Å²) in [4.78, 5) is 11.2. The van der Waals surface area contributed by atoms with Crippen LogP contribution in [0.25, 0.3) is 0 Å². The van der Waals surface area contributed by atoms with Crippen LogP contribution in [0.2, 0.25) is 0 Å². The molecule has 0 aliphatic rings. The maximum atomic E-state index is 11.5. The fourth-order valence-corrected chi connectivity index (χ4v) is 2.33. The van der Waals surface area contributed by atoms with Crippen molar-refractivity contribution in [3.05, 3.63) is 0 Å². The van der Waals surface area contributed by atoms with Gasteiger partial charge in [-0.1, -0.05) is 6.92 Å². The summed E-state index contributed by atoms with van der Waals surface area (Å²) in [6.45, 7) is 2.39. The molecule has 0 aromatic rings. The minimum atomic E-state index is -3.66. The molecule has 0 aromatic carbocycles. The van der Waals surface area contributed by atoms with Gasteiger partial charge in [-0.25, -0.2) is 13.1 Å². The molecule has 0 saturated heterocycles. The van der Waals surface area contributed by atoms with Crippen LogP contribution >= 0.6 is 0 Å². The Bertz CT molecular complexity index is 388. The number of nitrogens with one attached hydrogen (secondary N) is 2. The number of carbonyl (C=O) groups excluding carboxylic acids is 1. The Morgan fingerprint density at radius 1 is 1.44 bits per heavy atom. The van der Waals surface area contributed by atoms with Crippen molar-refractivity contribution in [2.75, 3.05) is 26.8 Å². The van der Waals surface area contributed by atoms with Gasteiger partial charge in [0.15, 0.2) is 5.25 Å². The third kappa shape index (κ3) is 6.54. The third-order valence-corrected chi connectivity index (χ3v) is 3.97. The summed E-state index contributed by atoms with van der Waals surface area (Å²) < 4.78 is 30.1. The Kier molecular flexibility index (Phi) is 8.28. The molecule has 8 heteroatoms. The molecule has 0 radical (unpaired) electrons. The monoisotopic (exact) mass is 277 g/mol. The lowest BCUT2D eigenvalue weighted by molar-refractivity contribution is -0.121. The molecule has 104 valence electrons. The highest BCUT2D eigenvalue weighted by atomic mass is 32.2. The molecular formula is C10H19N3O4S. The molecule has 1 atom stereocenters. The van der Waals surface area contributed by atoms with Crippen molar-refractivity contribution in [3.8, 4) is 6.07 Å². The first-order valence-electron chi connectivity index (χ1n) is 5.61. The number of rotatable bonds is 9. The Morgan fingerprint density at radius 2 is 2.11 bits per heavy atom. The Balaban J connectivity index is 3.97. The van der Waals surface area contributed by atoms with Gasteiger partial charge in [0.05, 0.1) is 12.7 Å². The first kappa shape index (κ1) is 16.8. The van der Waals surface area contributed by atoms with Gasteiger partial charge in [-0.15, -0.1) is 0 Å². The smallest absolute Gasteiger partial charge is 0.227 e. The number of amides is 1. The molecular weight excluding hydrogens is 258 g/mol. The van der Waals surface area contributed by atoms with Gasteiger partial charge in [0.1, 0.15) is 0 Å². The fourth-order valence-electron chi connectivity index (χ4n) is 1.17. The zero-order chi connectivity index (χ0) is 14.0. The number of nitrogens with zero attached hydrogens (tertiary/aromatic N) is 1. The number of carbonyl (C=O) groups is 1. The molecule has 0 heterocycles. The molecule has 0 aromatic heterocycles. The second kappa shape index (κ2) is 8.85. The van der Waals surface area contributed by atoms with Crippen LogP contribution in [-0.2, 0) is 19.6 Å². The first-order chi connectivity index (χ1) is 8.47. The van der Waals surface area contributed by atoms with E-state index in [2.05, 4.69) is 10.0 Å². The number of hydrogen-bond acceptors (Lipinski definition) is 5. The van der Waals surface area contributed by atoms with Crippen molar-refractivity contribution in [3.63, 3.8) is 0 Å². The van der Waals surface area contributed by atoms with Gasteiger partial charge >= 0.3 is 0 Å². The molecule has 1 amide bonds. The van der Waals surface area contributed by atoms with E-state index in [0.29, 0.717) is 13.2 Å². The zero-order valence-corrected chi connectivity index (χ0v) is 11.4. The molecule has 0 bridgehead atoms. The lowest BCUT2D eigenvalue weighted by Gasteiger charge is -2.10. The van der Waals surface area contributed by atoms with Crippen LogP contribution in [0.15, 0.2) is 0 Å². The van der Waals surface area contributed by atoms with Crippen molar-refractivity contribution in [1.82, 2.24) is 10.0 Å². The maximum absolute atomic E-state index is 11.5. The van der Waals surface area contributed by atoms with Gasteiger partial charge in [0.2, 0.25) is 15.9 Å². The largest absolute Gasteiger partial charge is 0.383 e. The highest BCUT2D eigenvalue weighted by molar-refractivity contribution is 7.90. The average Bonchev–Trinajstić information content (AvgIpc) is 2.30. The SMILES string of the molecule is CCC(C#N)S(=O)(=O)NCCC(=O)NCCOC. The van der Waals surface area contributed by atoms with Crippen LogP contribution < -0.4 is 10.0 Å². The number of nitriles is 1. The van der Waals surface area contributed by atoms with E-state index in [1.165, 1.54) is 7.11 Å². The molecule has 0 aliphatic carbocycles. The van der Waals surface area contributed by atoms with Gasteiger partial charge in [-0.05, 0) is 6.42 Å². The Morgan fingerprint density at radius 3 is 2.61 bits per heavy atom. The van der Waals surface area contributed by atoms with E-state index in [-0.39, 0.29) is 25.3 Å². The van der Waals surface area contributed by atoms with Crippen molar-refractivity contribution < 1.29 is 17.9 Å². The molecule has 0 fully saturated rings. The fraction of sp³-hybridized carbons (Fsp3) is 0.800. The van der Waals surface area contributed by atoms with Crippen LogP contribution in [0.3, 0.4) is 0 Å². The van der Waals surface area contributed by atoms with E-state index < -0.39 is 15.3 Å². The third-order valence-electron chi connectivity index (χ3n) is 2.17. The highest BCUT2D eigenvalue weighted by Crippen LogP contribution is 2.02. The van der Waals surface area contributed by atoms with Crippen LogP contribution in [0.5, 0.6) is 0 Å². The number of ether oxygens (including phenoxy) is 1. The lowest BCUT2D eigenvalue weighted by atomic mass is 10.4. The topological polar surface area (TPSA) is 108 Å². The van der Waals surface area contributed by atoms with Gasteiger partial charge in [-0.3, -0.25) is 4.79 Å². The molecule has 2 N–H and O–H groups in total. The van der Waals surface area contributed by atoms with Gasteiger partial charge in [-0.2, -0.15) is 5.26 Å². The molecule has 0 rings (SSSR count). The average molecular weight is 277 g/mol. The van der Waals surface area contributed by atoms with Gasteiger partial charge in [0, 0.05) is 26.6 Å². The minimum Gasteiger partial charge on any atom is -0.383 e.